The van der Waals surface area contributed by atoms with E-state index < -0.39 is 117 Å². The van der Waals surface area contributed by atoms with Gasteiger partial charge >= 0.3 is 421 Å². The third-order valence-corrected chi connectivity index (χ3v) is 103. The first-order valence-electron chi connectivity index (χ1n) is 11.2. The van der Waals surface area contributed by atoms with Crippen molar-refractivity contribution in [3.8, 4) is 0 Å². The second-order valence-corrected chi connectivity index (χ2v) is 171. The molecule has 0 saturated carbocycles. The van der Waals surface area contributed by atoms with E-state index >= 15 is 0 Å². The van der Waals surface area contributed by atoms with Gasteiger partial charge in [0.15, 0.2) is 0 Å². The first-order valence-corrected chi connectivity index (χ1v) is 97.2. The average Bonchev–Trinajstić information content (AvgIpc) is 2.84. The Morgan fingerprint density at radius 1 is 0.271 bits per heavy atom. The predicted molar refractivity (Wildman–Crippen MR) is 234 cm³/mol. The zero-order valence-electron chi connectivity index (χ0n) is 23.0. The Morgan fingerprint density at radius 3 is 0.646 bits per heavy atom. The van der Waals surface area contributed by atoms with Gasteiger partial charge in [-0.15, -0.1) is 0 Å². The standard InChI is InChI=1S/C14H28Cl18I8S8/c15-35(16,48-32)7-14-42-33(2-9-43-36(17,18)19,3-10-44-37(20,21)22)1-8-41-34(4-11-45-38(23,24)25,5-12-46-39(26,27)28)6-13-47-40(29,30)31/h1-14H2/q-8. The molecule has 0 aliphatic rings. The summed E-state index contributed by atoms with van der Waals surface area (Å²) in [6.07, 6.45) is 0. The molecule has 322 valence electrons. The van der Waals surface area contributed by atoms with Gasteiger partial charge in [-0.1, -0.05) is 0 Å². The van der Waals surface area contributed by atoms with E-state index in [-0.39, 0.29) is 0 Å². The van der Waals surface area contributed by atoms with Crippen molar-refractivity contribution in [1.82, 2.24) is 0 Å². The van der Waals surface area contributed by atoms with Gasteiger partial charge < -0.3 is 0 Å². The fourth-order valence-electron chi connectivity index (χ4n) is 2.83. The molecular weight excluding hydrogens is 2080 g/mol. The van der Waals surface area contributed by atoms with E-state index in [1.807, 2.05) is 8.93 Å². The van der Waals surface area contributed by atoms with Gasteiger partial charge in [-0.2, -0.15) is 0 Å². The van der Waals surface area contributed by atoms with E-state index in [2.05, 4.69) is 8.93 Å². The first kappa shape index (κ1) is 61.9. The van der Waals surface area contributed by atoms with E-state index in [4.69, 9.17) is 162 Å². The number of hydrogen-bond acceptors (Lipinski definition) is 8. The SMILES string of the molecule is ClS[I-](Cl)(Cl)CCS[I-](CCS[I-](Cl)(Cl)Cl)(CCS[I-](Cl)(Cl)Cl)CCS[I-](CCS[I-](Cl)(Cl)Cl)(CCS[I-](Cl)(Cl)Cl)CCS[I-](Cl)(Cl)Cl. The second-order valence-electron chi connectivity index (χ2n) is 7.53. The van der Waals surface area contributed by atoms with E-state index in [0.717, 1.165) is 75.0 Å². The summed E-state index contributed by atoms with van der Waals surface area (Å²) in [5.74, 6) is 5.62. The molecule has 0 amide bonds. The molecule has 0 fully saturated rings. The molecule has 0 heterocycles. The maximum atomic E-state index is 6.59. The molecule has 0 nitrogen and oxygen atoms in total. The van der Waals surface area contributed by atoms with Crippen LogP contribution in [0, 0.1) is 0 Å². The van der Waals surface area contributed by atoms with Crippen LogP contribution >= 0.6 is 233 Å². The summed E-state index contributed by atoms with van der Waals surface area (Å²) in [6, 6.07) is 0. The molecule has 0 rings (SSSR count). The number of alkyl halides is 7. The van der Waals surface area contributed by atoms with Gasteiger partial charge in [0.25, 0.3) is 0 Å². The van der Waals surface area contributed by atoms with Crippen molar-refractivity contribution in [2.24, 2.45) is 0 Å². The molecule has 0 aliphatic carbocycles. The fourth-order valence-corrected chi connectivity index (χ4v) is 103. The van der Waals surface area contributed by atoms with Crippen molar-refractivity contribution >= 4 is 233 Å². The summed E-state index contributed by atoms with van der Waals surface area (Å²) in [5.41, 5.74) is 0. The van der Waals surface area contributed by atoms with E-state index in [1.165, 1.54) is 44.7 Å². The van der Waals surface area contributed by atoms with Gasteiger partial charge in [0.05, 0.1) is 0 Å². The van der Waals surface area contributed by atoms with Gasteiger partial charge in [0, 0.05) is 0 Å². The average molecular weight is 2110 g/mol. The van der Waals surface area contributed by atoms with Gasteiger partial charge in [-0.25, -0.2) is 0 Å². The van der Waals surface area contributed by atoms with Crippen LogP contribution in [0.4, 0.5) is 0 Å². The fraction of sp³-hybridized carbons (Fsp3) is 1.00. The van der Waals surface area contributed by atoms with E-state index in [9.17, 15) is 0 Å². The van der Waals surface area contributed by atoms with E-state index in [1.54, 1.807) is 0 Å². The van der Waals surface area contributed by atoms with Crippen molar-refractivity contribution in [2.75, 3.05) is 71.3 Å². The van der Waals surface area contributed by atoms with Gasteiger partial charge in [0.1, 0.15) is 0 Å². The Kier molecular flexibility index (Phi) is 40.0. The molecule has 0 aromatic carbocycles. The second kappa shape index (κ2) is 31.0. The maximum absolute atomic E-state index is 6.59. The third kappa shape index (κ3) is 39.1. The zero-order valence-corrected chi connectivity index (χ0v) is 60.4. The molecule has 48 heavy (non-hydrogen) atoms. The minimum atomic E-state index is -3.32. The van der Waals surface area contributed by atoms with Crippen molar-refractivity contribution in [3.63, 3.8) is 0 Å². The van der Waals surface area contributed by atoms with Gasteiger partial charge in [0.2, 0.25) is 0 Å². The molecule has 0 atom stereocenters. The van der Waals surface area contributed by atoms with Crippen molar-refractivity contribution in [1.29, 1.82) is 0 Å². The monoisotopic (exact) mass is 2100 g/mol. The van der Waals surface area contributed by atoms with Crippen LogP contribution in [0.1, 0.15) is 0 Å². The molecule has 0 aromatic heterocycles. The van der Waals surface area contributed by atoms with Crippen LogP contribution in [0.5, 0.6) is 0 Å². The van der Waals surface area contributed by atoms with Crippen LogP contribution < -0.4 is 117 Å². The van der Waals surface area contributed by atoms with Crippen LogP contribution in [0.25, 0.3) is 0 Å². The Labute approximate surface area is 408 Å². The Balaban J connectivity index is 6.42. The topological polar surface area (TPSA) is 0 Å². The third-order valence-electron chi connectivity index (χ3n) is 4.53. The molecule has 0 unspecified atom stereocenters. The van der Waals surface area contributed by atoms with Crippen LogP contribution in [0.2, 0.25) is 0 Å². The van der Waals surface area contributed by atoms with Crippen molar-refractivity contribution in [3.05, 3.63) is 0 Å². The minimum absolute atomic E-state index is 0.690. The van der Waals surface area contributed by atoms with Crippen LogP contribution in [0.3, 0.4) is 0 Å². The summed E-state index contributed by atoms with van der Waals surface area (Å²) >= 11 is -25.1. The molecule has 0 bridgehead atoms. The molecule has 0 aliphatic heterocycles. The molecule has 0 N–H and O–H groups in total. The van der Waals surface area contributed by atoms with Gasteiger partial charge in [-0.3, -0.25) is 0 Å². The normalized spacial score (nSPS) is 17.3. The Bertz CT molecular complexity index is 824. The van der Waals surface area contributed by atoms with Gasteiger partial charge in [-0.05, 0) is 0 Å². The molecule has 0 aromatic rings. The summed E-state index contributed by atoms with van der Waals surface area (Å²) in [5, 5.41) is 0. The quantitative estimate of drug-likeness (QED) is 0.0532. The molecule has 0 saturated heterocycles. The molecule has 0 radical (unpaired) electrons. The summed E-state index contributed by atoms with van der Waals surface area (Å²) in [7, 11) is 127. The zero-order chi connectivity index (χ0) is 37.6. The Hall–Kier alpha value is 13.9. The number of halogens is 26. The van der Waals surface area contributed by atoms with Crippen molar-refractivity contribution < 1.29 is 117 Å². The molecule has 34 heteroatoms. The number of rotatable bonds is 29. The van der Waals surface area contributed by atoms with Crippen LogP contribution in [0.15, 0.2) is 0 Å². The summed E-state index contributed by atoms with van der Waals surface area (Å²) < 4.78 is 6.60. The number of hydrogen-bond donors (Lipinski definition) is 0. The molecular formula is C14H28Cl18I8S8-8. The van der Waals surface area contributed by atoms with Crippen molar-refractivity contribution in [2.45, 2.75) is 0 Å². The van der Waals surface area contributed by atoms with Crippen LogP contribution in [-0.2, 0) is 0 Å². The Morgan fingerprint density at radius 2 is 0.458 bits per heavy atom. The van der Waals surface area contributed by atoms with Crippen LogP contribution in [-0.4, -0.2) is 71.3 Å². The van der Waals surface area contributed by atoms with E-state index in [0.29, 0.717) is 4.43 Å². The molecule has 0 spiro atoms. The summed E-state index contributed by atoms with van der Waals surface area (Å²) in [6.45, 7) is 0. The predicted octanol–water partition coefficient (Wildman–Crippen LogP) is -5.78. The summed E-state index contributed by atoms with van der Waals surface area (Å²) in [4.78, 5) is 0. The first-order chi connectivity index (χ1) is 21.5.